The number of esters is 1. The van der Waals surface area contributed by atoms with E-state index < -0.39 is 5.97 Å². The molecule has 0 saturated heterocycles. The van der Waals surface area contributed by atoms with E-state index in [1.807, 2.05) is 0 Å². The normalized spacial score (nSPS) is 9.17. The zero-order valence-electron chi connectivity index (χ0n) is 7.00. The first-order valence-corrected chi connectivity index (χ1v) is 3.50. The molecule has 1 rings (SSSR count). The minimum atomic E-state index is -0.431. The second-order valence-electron chi connectivity index (χ2n) is 2.14. The van der Waals surface area contributed by atoms with Gasteiger partial charge in [0.1, 0.15) is 0 Å². The van der Waals surface area contributed by atoms with Gasteiger partial charge in [0.15, 0.2) is 5.69 Å². The Morgan fingerprint density at radius 3 is 3.00 bits per heavy atom. The lowest BCUT2D eigenvalue weighted by molar-refractivity contribution is 0.0595. The predicted molar refractivity (Wildman–Crippen MR) is 45.1 cm³/mol. The van der Waals surface area contributed by atoms with Crippen LogP contribution < -0.4 is 5.32 Å². The fourth-order valence-corrected chi connectivity index (χ4v) is 0.866. The summed E-state index contributed by atoms with van der Waals surface area (Å²) in [7, 11) is 3.06. The molecule has 0 aliphatic carbocycles. The molecule has 4 heteroatoms. The van der Waals surface area contributed by atoms with Crippen molar-refractivity contribution < 1.29 is 9.53 Å². The average Bonchev–Trinajstić information content (AvgIpc) is 2.16. The number of ether oxygens (including phenoxy) is 1. The lowest BCUT2D eigenvalue weighted by Crippen LogP contribution is -2.07. The molecule has 0 saturated carbocycles. The number of nitrogens with zero attached hydrogens (tertiary/aromatic N) is 1. The van der Waals surface area contributed by atoms with Crippen LogP contribution in [-0.4, -0.2) is 25.1 Å². The summed E-state index contributed by atoms with van der Waals surface area (Å²) >= 11 is 0. The topological polar surface area (TPSA) is 51.2 Å². The van der Waals surface area contributed by atoms with Gasteiger partial charge in [0.05, 0.1) is 12.8 Å². The molecule has 0 amide bonds. The average molecular weight is 166 g/mol. The van der Waals surface area contributed by atoms with Gasteiger partial charge in [0.2, 0.25) is 0 Å². The Bertz CT molecular complexity index is 286. The number of anilines is 1. The molecule has 4 nitrogen and oxygen atoms in total. The van der Waals surface area contributed by atoms with E-state index in [0.717, 1.165) is 0 Å². The van der Waals surface area contributed by atoms with Crippen LogP contribution in [-0.2, 0) is 4.74 Å². The third-order valence-corrected chi connectivity index (χ3v) is 1.46. The molecular formula is C8H10N2O2. The number of methoxy groups -OCH3 is 1. The van der Waals surface area contributed by atoms with Crippen LogP contribution in [0.5, 0.6) is 0 Å². The Hall–Kier alpha value is -1.58. The Kier molecular flexibility index (Phi) is 2.63. The van der Waals surface area contributed by atoms with Gasteiger partial charge in [0, 0.05) is 13.2 Å². The summed E-state index contributed by atoms with van der Waals surface area (Å²) in [6.45, 7) is 0. The monoisotopic (exact) mass is 166 g/mol. The van der Waals surface area contributed by atoms with E-state index in [1.165, 1.54) is 7.11 Å². The molecule has 0 aliphatic rings. The standard InChI is InChI=1S/C8H10N2O2/c1-9-6-4-3-5-10-7(6)8(11)12-2/h3-5,9H,1-2H3. The van der Waals surface area contributed by atoms with Crippen LogP contribution in [0.2, 0.25) is 0 Å². The van der Waals surface area contributed by atoms with Gasteiger partial charge >= 0.3 is 5.97 Å². The Balaban J connectivity index is 3.04. The van der Waals surface area contributed by atoms with Crippen molar-refractivity contribution in [1.82, 2.24) is 4.98 Å². The molecular weight excluding hydrogens is 156 g/mol. The number of pyridine rings is 1. The zero-order valence-corrected chi connectivity index (χ0v) is 7.00. The van der Waals surface area contributed by atoms with Crippen molar-refractivity contribution in [2.75, 3.05) is 19.5 Å². The van der Waals surface area contributed by atoms with Crippen molar-refractivity contribution in [3.8, 4) is 0 Å². The van der Waals surface area contributed by atoms with E-state index in [1.54, 1.807) is 25.4 Å². The lowest BCUT2D eigenvalue weighted by atomic mass is 10.3. The third-order valence-electron chi connectivity index (χ3n) is 1.46. The molecule has 0 aromatic carbocycles. The Morgan fingerprint density at radius 2 is 2.42 bits per heavy atom. The lowest BCUT2D eigenvalue weighted by Gasteiger charge is -2.04. The molecule has 0 unspecified atom stereocenters. The maximum atomic E-state index is 11.1. The molecule has 1 aromatic heterocycles. The molecule has 0 spiro atoms. The van der Waals surface area contributed by atoms with Gasteiger partial charge in [-0.1, -0.05) is 0 Å². The van der Waals surface area contributed by atoms with Gasteiger partial charge in [0.25, 0.3) is 0 Å². The van der Waals surface area contributed by atoms with Gasteiger partial charge in [-0.3, -0.25) is 0 Å². The summed E-state index contributed by atoms with van der Waals surface area (Å²) in [6.07, 6.45) is 1.55. The van der Waals surface area contributed by atoms with Gasteiger partial charge < -0.3 is 10.1 Å². The molecule has 0 bridgehead atoms. The van der Waals surface area contributed by atoms with Gasteiger partial charge in [-0.25, -0.2) is 9.78 Å². The van der Waals surface area contributed by atoms with Crippen molar-refractivity contribution in [3.63, 3.8) is 0 Å². The maximum absolute atomic E-state index is 11.1. The fraction of sp³-hybridized carbons (Fsp3) is 0.250. The van der Waals surface area contributed by atoms with Crippen molar-refractivity contribution in [1.29, 1.82) is 0 Å². The molecule has 12 heavy (non-hydrogen) atoms. The fourth-order valence-electron chi connectivity index (χ4n) is 0.866. The van der Waals surface area contributed by atoms with Crippen molar-refractivity contribution in [2.24, 2.45) is 0 Å². The second kappa shape index (κ2) is 3.71. The molecule has 0 atom stereocenters. The van der Waals surface area contributed by atoms with Crippen molar-refractivity contribution in [3.05, 3.63) is 24.0 Å². The van der Waals surface area contributed by atoms with E-state index in [4.69, 9.17) is 0 Å². The SMILES string of the molecule is CNc1cccnc1C(=O)OC. The van der Waals surface area contributed by atoms with E-state index in [9.17, 15) is 4.79 Å². The second-order valence-corrected chi connectivity index (χ2v) is 2.14. The number of aromatic nitrogens is 1. The predicted octanol–water partition coefficient (Wildman–Crippen LogP) is 0.910. The van der Waals surface area contributed by atoms with Crippen LogP contribution in [0, 0.1) is 0 Å². The summed E-state index contributed by atoms with van der Waals surface area (Å²) in [5.74, 6) is -0.431. The van der Waals surface area contributed by atoms with Crippen molar-refractivity contribution in [2.45, 2.75) is 0 Å². The summed E-state index contributed by atoms with van der Waals surface area (Å²) in [5, 5.41) is 2.85. The highest BCUT2D eigenvalue weighted by Crippen LogP contribution is 2.11. The minimum absolute atomic E-state index is 0.308. The van der Waals surface area contributed by atoms with Crippen LogP contribution in [0.1, 0.15) is 10.5 Å². The number of nitrogens with one attached hydrogen (secondary N) is 1. The zero-order chi connectivity index (χ0) is 8.97. The first kappa shape index (κ1) is 8.52. The molecule has 1 aromatic rings. The van der Waals surface area contributed by atoms with Crippen LogP contribution in [0.25, 0.3) is 0 Å². The molecule has 0 radical (unpaired) electrons. The Labute approximate surface area is 70.6 Å². The molecule has 1 N–H and O–H groups in total. The van der Waals surface area contributed by atoms with Crippen molar-refractivity contribution >= 4 is 11.7 Å². The largest absolute Gasteiger partial charge is 0.464 e. The first-order valence-electron chi connectivity index (χ1n) is 3.50. The summed E-state index contributed by atoms with van der Waals surface area (Å²) in [4.78, 5) is 15.0. The van der Waals surface area contributed by atoms with Gasteiger partial charge in [-0.05, 0) is 12.1 Å². The van der Waals surface area contributed by atoms with E-state index in [-0.39, 0.29) is 0 Å². The van der Waals surface area contributed by atoms with E-state index in [0.29, 0.717) is 11.4 Å². The molecule has 64 valence electrons. The number of hydrogen-bond acceptors (Lipinski definition) is 4. The van der Waals surface area contributed by atoms with E-state index >= 15 is 0 Å². The number of carbonyl (C=O) groups is 1. The highest BCUT2D eigenvalue weighted by molar-refractivity contribution is 5.93. The highest BCUT2D eigenvalue weighted by Gasteiger charge is 2.10. The van der Waals surface area contributed by atoms with Crippen LogP contribution >= 0.6 is 0 Å². The maximum Gasteiger partial charge on any atom is 0.358 e. The summed E-state index contributed by atoms with van der Waals surface area (Å²) in [5.41, 5.74) is 0.979. The van der Waals surface area contributed by atoms with E-state index in [2.05, 4.69) is 15.0 Å². The minimum Gasteiger partial charge on any atom is -0.464 e. The molecule has 0 fully saturated rings. The summed E-state index contributed by atoms with van der Waals surface area (Å²) in [6, 6.07) is 3.51. The number of hydrogen-bond donors (Lipinski definition) is 1. The number of carbonyl (C=O) groups excluding carboxylic acids is 1. The van der Waals surface area contributed by atoms with Crippen LogP contribution in [0.4, 0.5) is 5.69 Å². The van der Waals surface area contributed by atoms with Gasteiger partial charge in [-0.15, -0.1) is 0 Å². The first-order chi connectivity index (χ1) is 5.79. The Morgan fingerprint density at radius 1 is 1.67 bits per heavy atom. The molecule has 0 aliphatic heterocycles. The van der Waals surface area contributed by atoms with Crippen LogP contribution in [0.15, 0.2) is 18.3 Å². The molecule has 1 heterocycles. The number of rotatable bonds is 2. The third kappa shape index (κ3) is 1.53. The van der Waals surface area contributed by atoms with Gasteiger partial charge in [-0.2, -0.15) is 0 Å². The summed E-state index contributed by atoms with van der Waals surface area (Å²) < 4.78 is 4.54. The highest BCUT2D eigenvalue weighted by atomic mass is 16.5. The van der Waals surface area contributed by atoms with Crippen LogP contribution in [0.3, 0.4) is 0 Å². The quantitative estimate of drug-likeness (QED) is 0.663. The smallest absolute Gasteiger partial charge is 0.358 e.